The maximum Gasteiger partial charge on any atom is 0.416 e. The van der Waals surface area contributed by atoms with Gasteiger partial charge in [0.15, 0.2) is 0 Å². The number of nitrogens with one attached hydrogen (secondary N) is 1. The monoisotopic (exact) mass is 334 g/mol. The van der Waals surface area contributed by atoms with Crippen LogP contribution in [0.3, 0.4) is 0 Å². The molecule has 1 aliphatic heterocycles. The first kappa shape index (κ1) is 16.2. The Morgan fingerprint density at radius 1 is 1.32 bits per heavy atom. The first-order chi connectivity index (χ1) is 12.0. The fourth-order valence-electron chi connectivity index (χ4n) is 2.80. The van der Waals surface area contributed by atoms with Gasteiger partial charge in [-0.2, -0.15) is 5.26 Å². The highest BCUT2D eigenvalue weighted by molar-refractivity contribution is 5.93. The number of hydrogen-bond donors (Lipinski definition) is 2. The van der Waals surface area contributed by atoms with Crippen LogP contribution in [0.1, 0.15) is 18.5 Å². The minimum absolute atomic E-state index is 0.181. The van der Waals surface area contributed by atoms with E-state index in [2.05, 4.69) is 10.3 Å². The second-order valence-electron chi connectivity index (χ2n) is 5.48. The number of carbonyl (C=O) groups is 2. The average molecular weight is 334 g/mol. The molecule has 7 nitrogen and oxygen atoms in total. The van der Waals surface area contributed by atoms with Gasteiger partial charge in [0.05, 0.1) is 17.3 Å². The van der Waals surface area contributed by atoms with Crippen LogP contribution in [0, 0.1) is 11.3 Å². The van der Waals surface area contributed by atoms with Gasteiger partial charge in [-0.1, -0.05) is 24.3 Å². The molecule has 0 radical (unpaired) electrons. The van der Waals surface area contributed by atoms with Gasteiger partial charge >= 0.3 is 12.1 Å². The molecule has 2 N–H and O–H groups in total. The summed E-state index contributed by atoms with van der Waals surface area (Å²) in [4.78, 5) is 28.6. The number of hydrogen-bond acceptors (Lipinski definition) is 4. The predicted molar refractivity (Wildman–Crippen MR) is 89.1 cm³/mol. The Kier molecular flexibility index (Phi) is 4.18. The average Bonchev–Trinajstić information content (AvgIpc) is 2.61. The van der Waals surface area contributed by atoms with E-state index >= 15 is 0 Å². The third-order valence-electron chi connectivity index (χ3n) is 3.94. The summed E-state index contributed by atoms with van der Waals surface area (Å²) in [5.74, 6) is 0. The van der Waals surface area contributed by atoms with Crippen molar-refractivity contribution in [2.24, 2.45) is 0 Å². The highest BCUT2D eigenvalue weighted by atomic mass is 16.4. The minimum Gasteiger partial charge on any atom is -0.465 e. The zero-order valence-corrected chi connectivity index (χ0v) is 13.3. The van der Waals surface area contributed by atoms with Gasteiger partial charge in [0.25, 0.3) is 0 Å². The van der Waals surface area contributed by atoms with Gasteiger partial charge in [0.1, 0.15) is 6.04 Å². The Balaban J connectivity index is 2.15. The van der Waals surface area contributed by atoms with Crippen molar-refractivity contribution in [2.45, 2.75) is 13.0 Å². The van der Waals surface area contributed by atoms with Gasteiger partial charge in [-0.05, 0) is 30.7 Å². The molecule has 1 aliphatic rings. The number of rotatable bonds is 2. The molecule has 0 saturated carbocycles. The molecule has 0 fully saturated rings. The summed E-state index contributed by atoms with van der Waals surface area (Å²) in [6.45, 7) is 1.57. The molecule has 2 heterocycles. The van der Waals surface area contributed by atoms with E-state index in [0.29, 0.717) is 21.9 Å². The lowest BCUT2D eigenvalue weighted by Crippen LogP contribution is -2.49. The normalized spacial score (nSPS) is 17.0. The molecule has 1 unspecified atom stereocenters. The second-order valence-corrected chi connectivity index (χ2v) is 5.48. The lowest BCUT2D eigenvalue weighted by molar-refractivity contribution is 0.136. The Morgan fingerprint density at radius 3 is 2.76 bits per heavy atom. The summed E-state index contributed by atoms with van der Waals surface area (Å²) in [7, 11) is 0. The fourth-order valence-corrected chi connectivity index (χ4v) is 2.80. The van der Waals surface area contributed by atoms with Crippen LogP contribution in [0.2, 0.25) is 0 Å². The second kappa shape index (κ2) is 6.45. The summed E-state index contributed by atoms with van der Waals surface area (Å²) in [5, 5.41) is 21.3. The molecule has 0 bridgehead atoms. The van der Waals surface area contributed by atoms with Crippen molar-refractivity contribution >= 4 is 12.1 Å². The summed E-state index contributed by atoms with van der Waals surface area (Å²) in [6, 6.07) is 12.7. The van der Waals surface area contributed by atoms with Crippen LogP contribution in [-0.4, -0.2) is 27.1 Å². The number of carboxylic acid groups (broad SMARTS) is 1. The van der Waals surface area contributed by atoms with E-state index in [1.165, 1.54) is 0 Å². The highest BCUT2D eigenvalue weighted by Gasteiger charge is 2.38. The number of imide groups is 1. The fraction of sp³-hybridized carbons (Fsp3) is 0.111. The first-order valence-electron chi connectivity index (χ1n) is 7.48. The molecule has 3 amide bonds. The molecule has 25 heavy (non-hydrogen) atoms. The molecule has 7 heteroatoms. The van der Waals surface area contributed by atoms with Crippen molar-refractivity contribution in [2.75, 3.05) is 0 Å². The van der Waals surface area contributed by atoms with Crippen molar-refractivity contribution in [3.63, 3.8) is 0 Å². The molecule has 3 rings (SSSR count). The number of urea groups is 1. The number of allylic oxidation sites excluding steroid dienone is 1. The van der Waals surface area contributed by atoms with Crippen LogP contribution in [0.25, 0.3) is 11.3 Å². The quantitative estimate of drug-likeness (QED) is 0.876. The third-order valence-corrected chi connectivity index (χ3v) is 3.94. The van der Waals surface area contributed by atoms with Crippen LogP contribution in [0.4, 0.5) is 9.59 Å². The van der Waals surface area contributed by atoms with E-state index in [4.69, 9.17) is 0 Å². The summed E-state index contributed by atoms with van der Waals surface area (Å²) in [6.07, 6.45) is 0.232. The van der Waals surface area contributed by atoms with Gasteiger partial charge in [0, 0.05) is 17.5 Å². The number of nitrogens with zero attached hydrogens (tertiary/aromatic N) is 3. The molecule has 0 saturated heterocycles. The highest BCUT2D eigenvalue weighted by Crippen LogP contribution is 2.34. The van der Waals surface area contributed by atoms with Gasteiger partial charge in [-0.25, -0.2) is 14.5 Å². The van der Waals surface area contributed by atoms with Crippen molar-refractivity contribution in [1.29, 1.82) is 5.26 Å². The topological polar surface area (TPSA) is 106 Å². The number of carbonyl (C=O) groups excluding carboxylic acids is 1. The van der Waals surface area contributed by atoms with Crippen LogP contribution >= 0.6 is 0 Å². The van der Waals surface area contributed by atoms with Gasteiger partial charge in [-0.3, -0.25) is 4.98 Å². The minimum atomic E-state index is -1.43. The number of nitriles is 1. The van der Waals surface area contributed by atoms with Crippen molar-refractivity contribution in [3.8, 4) is 17.3 Å². The van der Waals surface area contributed by atoms with E-state index in [0.717, 1.165) is 5.56 Å². The zero-order chi connectivity index (χ0) is 18.0. The Bertz CT molecular complexity index is 915. The Labute approximate surface area is 143 Å². The molecule has 1 aromatic heterocycles. The van der Waals surface area contributed by atoms with Crippen molar-refractivity contribution in [3.05, 3.63) is 65.5 Å². The lowest BCUT2D eigenvalue weighted by atomic mass is 9.93. The third kappa shape index (κ3) is 2.93. The smallest absolute Gasteiger partial charge is 0.416 e. The molecule has 0 aliphatic carbocycles. The molecule has 2 aromatic rings. The van der Waals surface area contributed by atoms with Crippen LogP contribution in [-0.2, 0) is 0 Å². The number of amides is 3. The van der Waals surface area contributed by atoms with E-state index in [9.17, 15) is 20.0 Å². The maximum absolute atomic E-state index is 12.1. The van der Waals surface area contributed by atoms with E-state index in [1.807, 2.05) is 24.3 Å². The SMILES string of the molecule is CC1=C(C#N)C(c2cccc(-c3ccccn3)c2)N(C(=O)O)C(=O)N1. The summed E-state index contributed by atoms with van der Waals surface area (Å²) >= 11 is 0. The van der Waals surface area contributed by atoms with Crippen LogP contribution in [0.15, 0.2) is 59.9 Å². The molecule has 0 spiro atoms. The molecule has 1 aromatic carbocycles. The van der Waals surface area contributed by atoms with Gasteiger partial charge in [0.2, 0.25) is 0 Å². The van der Waals surface area contributed by atoms with Crippen molar-refractivity contribution < 1.29 is 14.7 Å². The van der Waals surface area contributed by atoms with E-state index < -0.39 is 18.2 Å². The summed E-state index contributed by atoms with van der Waals surface area (Å²) < 4.78 is 0. The summed E-state index contributed by atoms with van der Waals surface area (Å²) in [5.41, 5.74) is 2.53. The zero-order valence-electron chi connectivity index (χ0n) is 13.3. The molecule has 1 atom stereocenters. The number of aromatic nitrogens is 1. The Morgan fingerprint density at radius 2 is 2.12 bits per heavy atom. The lowest BCUT2D eigenvalue weighted by Gasteiger charge is -2.33. The largest absolute Gasteiger partial charge is 0.465 e. The first-order valence-corrected chi connectivity index (χ1v) is 7.48. The molecular formula is C18H14N4O3. The maximum atomic E-state index is 12.1. The Hall–Kier alpha value is -3.66. The number of pyridine rings is 1. The predicted octanol–water partition coefficient (Wildman–Crippen LogP) is 3.29. The van der Waals surface area contributed by atoms with Crippen LogP contribution < -0.4 is 5.32 Å². The standard InChI is InChI=1S/C18H14N4O3/c1-11-14(10-19)16(22(18(24)25)17(23)21-11)13-6-4-5-12(9-13)15-7-2-3-8-20-15/h2-9,16H,1H3,(H,21,23)(H,24,25). The van der Waals surface area contributed by atoms with Crippen LogP contribution in [0.5, 0.6) is 0 Å². The molecular weight excluding hydrogens is 320 g/mol. The van der Waals surface area contributed by atoms with Gasteiger partial charge < -0.3 is 10.4 Å². The van der Waals surface area contributed by atoms with Crippen molar-refractivity contribution in [1.82, 2.24) is 15.2 Å². The van der Waals surface area contributed by atoms with E-state index in [1.54, 1.807) is 37.4 Å². The number of benzene rings is 1. The van der Waals surface area contributed by atoms with E-state index in [-0.39, 0.29) is 5.57 Å². The molecule has 124 valence electrons. The van der Waals surface area contributed by atoms with Gasteiger partial charge in [-0.15, -0.1) is 0 Å².